The Morgan fingerprint density at radius 3 is 2.44 bits per heavy atom. The molecular weight excluding hydrogens is 228 g/mol. The van der Waals surface area contributed by atoms with E-state index in [1.54, 1.807) is 11.3 Å². The molecule has 0 bridgehead atoms. The summed E-state index contributed by atoms with van der Waals surface area (Å²) in [4.78, 5) is 1.11. The van der Waals surface area contributed by atoms with Crippen molar-refractivity contribution in [2.75, 3.05) is 0 Å². The van der Waals surface area contributed by atoms with Crippen molar-refractivity contribution in [1.29, 1.82) is 0 Å². The van der Waals surface area contributed by atoms with Gasteiger partial charge in [0.1, 0.15) is 11.6 Å². The molecule has 2 aromatic rings. The summed E-state index contributed by atoms with van der Waals surface area (Å²) in [6, 6.07) is 6.92. The summed E-state index contributed by atoms with van der Waals surface area (Å²) >= 11 is 1.59. The molecule has 4 heteroatoms. The summed E-state index contributed by atoms with van der Waals surface area (Å²) in [6.45, 7) is 0. The van der Waals surface area contributed by atoms with Crippen molar-refractivity contribution in [1.82, 2.24) is 0 Å². The quantitative estimate of drug-likeness (QED) is 0.874. The maximum atomic E-state index is 13.0. The molecule has 0 spiro atoms. The molecule has 0 fully saturated rings. The van der Waals surface area contributed by atoms with Gasteiger partial charge in [0.25, 0.3) is 0 Å². The lowest BCUT2D eigenvalue weighted by molar-refractivity contribution is 0.573. The second-order valence-corrected chi connectivity index (χ2v) is 4.63. The number of hydrogen-bond donors (Lipinski definition) is 1. The summed E-state index contributed by atoms with van der Waals surface area (Å²) in [5, 5.41) is 1.95. The monoisotopic (exact) mass is 239 g/mol. The molecule has 84 valence electrons. The van der Waals surface area contributed by atoms with Gasteiger partial charge in [-0.15, -0.1) is 11.3 Å². The van der Waals surface area contributed by atoms with Crippen LogP contribution < -0.4 is 5.73 Å². The Morgan fingerprint density at radius 2 is 1.88 bits per heavy atom. The first kappa shape index (κ1) is 11.2. The van der Waals surface area contributed by atoms with Crippen molar-refractivity contribution in [2.45, 2.75) is 12.5 Å². The van der Waals surface area contributed by atoms with Crippen molar-refractivity contribution in [3.8, 4) is 0 Å². The Balaban J connectivity index is 2.17. The average molecular weight is 239 g/mol. The van der Waals surface area contributed by atoms with Crippen LogP contribution in [0.1, 0.15) is 16.5 Å². The highest BCUT2D eigenvalue weighted by molar-refractivity contribution is 7.09. The molecule has 1 unspecified atom stereocenters. The van der Waals surface area contributed by atoms with Crippen LogP contribution in [0.15, 0.2) is 35.7 Å². The van der Waals surface area contributed by atoms with Gasteiger partial charge in [0, 0.05) is 23.4 Å². The smallest absolute Gasteiger partial charge is 0.126 e. The Hall–Kier alpha value is -1.26. The molecule has 1 aromatic heterocycles. The highest BCUT2D eigenvalue weighted by atomic mass is 32.1. The van der Waals surface area contributed by atoms with Crippen molar-refractivity contribution in [2.24, 2.45) is 5.73 Å². The maximum Gasteiger partial charge on any atom is 0.126 e. The Labute approximate surface area is 96.5 Å². The van der Waals surface area contributed by atoms with Crippen LogP contribution in [0.2, 0.25) is 0 Å². The molecular formula is C12H11F2NS. The minimum atomic E-state index is -0.586. The number of halogens is 2. The molecule has 16 heavy (non-hydrogen) atoms. The van der Waals surface area contributed by atoms with Crippen molar-refractivity contribution >= 4 is 11.3 Å². The Bertz CT molecular complexity index is 448. The Kier molecular flexibility index (Phi) is 3.31. The van der Waals surface area contributed by atoms with Gasteiger partial charge in [-0.05, 0) is 29.1 Å². The van der Waals surface area contributed by atoms with E-state index in [1.165, 1.54) is 12.1 Å². The standard InChI is InChI=1S/C12H11F2NS/c13-9-4-8(5-10(14)6-9)12(15)7-11-2-1-3-16-11/h1-6,12H,7,15H2. The van der Waals surface area contributed by atoms with E-state index in [9.17, 15) is 8.78 Å². The highest BCUT2D eigenvalue weighted by Gasteiger charge is 2.10. The molecule has 1 aromatic carbocycles. The molecule has 2 rings (SSSR count). The fourth-order valence-electron chi connectivity index (χ4n) is 1.55. The molecule has 0 amide bonds. The van der Waals surface area contributed by atoms with Crippen LogP contribution in [0.3, 0.4) is 0 Å². The van der Waals surface area contributed by atoms with Crippen LogP contribution in [0.4, 0.5) is 8.78 Å². The lowest BCUT2D eigenvalue weighted by atomic mass is 10.0. The maximum absolute atomic E-state index is 13.0. The van der Waals surface area contributed by atoms with E-state index in [2.05, 4.69) is 0 Å². The SMILES string of the molecule is NC(Cc1cccs1)c1cc(F)cc(F)c1. The number of benzene rings is 1. The first-order valence-corrected chi connectivity index (χ1v) is 5.77. The van der Waals surface area contributed by atoms with Crippen LogP contribution in [0, 0.1) is 11.6 Å². The zero-order valence-electron chi connectivity index (χ0n) is 8.49. The summed E-state index contributed by atoms with van der Waals surface area (Å²) in [5.41, 5.74) is 6.39. The van der Waals surface area contributed by atoms with Gasteiger partial charge in [0.2, 0.25) is 0 Å². The van der Waals surface area contributed by atoms with Crippen molar-refractivity contribution < 1.29 is 8.78 Å². The Morgan fingerprint density at radius 1 is 1.19 bits per heavy atom. The van der Waals surface area contributed by atoms with Gasteiger partial charge in [-0.3, -0.25) is 0 Å². The molecule has 0 aliphatic rings. The number of rotatable bonds is 3. The zero-order chi connectivity index (χ0) is 11.5. The van der Waals surface area contributed by atoms with E-state index in [0.717, 1.165) is 10.9 Å². The van der Waals surface area contributed by atoms with Gasteiger partial charge in [0.15, 0.2) is 0 Å². The lowest BCUT2D eigenvalue weighted by Gasteiger charge is -2.11. The second kappa shape index (κ2) is 4.72. The highest BCUT2D eigenvalue weighted by Crippen LogP contribution is 2.20. The second-order valence-electron chi connectivity index (χ2n) is 3.59. The lowest BCUT2D eigenvalue weighted by Crippen LogP contribution is -2.13. The van der Waals surface area contributed by atoms with Crippen LogP contribution in [-0.2, 0) is 6.42 Å². The fraction of sp³-hybridized carbons (Fsp3) is 0.167. The third-order valence-electron chi connectivity index (χ3n) is 2.31. The summed E-state index contributed by atoms with van der Waals surface area (Å²) < 4.78 is 25.9. The van der Waals surface area contributed by atoms with Crippen molar-refractivity contribution in [3.05, 3.63) is 57.8 Å². The fourth-order valence-corrected chi connectivity index (χ4v) is 2.32. The first-order valence-electron chi connectivity index (χ1n) is 4.89. The summed E-state index contributed by atoms with van der Waals surface area (Å²) in [7, 11) is 0. The third-order valence-corrected chi connectivity index (χ3v) is 3.21. The topological polar surface area (TPSA) is 26.0 Å². The normalized spacial score (nSPS) is 12.7. The molecule has 0 radical (unpaired) electrons. The van der Waals surface area contributed by atoms with E-state index >= 15 is 0 Å². The van der Waals surface area contributed by atoms with Gasteiger partial charge in [-0.1, -0.05) is 6.07 Å². The predicted molar refractivity (Wildman–Crippen MR) is 61.3 cm³/mol. The number of hydrogen-bond acceptors (Lipinski definition) is 2. The predicted octanol–water partition coefficient (Wildman–Crippen LogP) is 3.27. The van der Waals surface area contributed by atoms with Gasteiger partial charge in [-0.2, -0.15) is 0 Å². The van der Waals surface area contributed by atoms with Crippen molar-refractivity contribution in [3.63, 3.8) is 0 Å². The molecule has 2 N–H and O–H groups in total. The number of nitrogens with two attached hydrogens (primary N) is 1. The summed E-state index contributed by atoms with van der Waals surface area (Å²) in [6.07, 6.45) is 0.598. The molecule has 1 nitrogen and oxygen atoms in total. The average Bonchev–Trinajstić information content (AvgIpc) is 2.68. The zero-order valence-corrected chi connectivity index (χ0v) is 9.31. The van der Waals surface area contributed by atoms with E-state index in [-0.39, 0.29) is 6.04 Å². The summed E-state index contributed by atoms with van der Waals surface area (Å²) in [5.74, 6) is -1.17. The molecule has 0 aliphatic heterocycles. The molecule has 0 saturated carbocycles. The van der Waals surface area contributed by atoms with E-state index in [1.807, 2.05) is 17.5 Å². The van der Waals surface area contributed by atoms with Crippen LogP contribution in [-0.4, -0.2) is 0 Å². The molecule has 0 saturated heterocycles. The van der Waals surface area contributed by atoms with Crippen LogP contribution >= 0.6 is 11.3 Å². The van der Waals surface area contributed by atoms with Gasteiger partial charge in [-0.25, -0.2) is 8.78 Å². The van der Waals surface area contributed by atoms with E-state index < -0.39 is 11.6 Å². The van der Waals surface area contributed by atoms with E-state index in [0.29, 0.717) is 12.0 Å². The molecule has 0 aliphatic carbocycles. The van der Waals surface area contributed by atoms with Gasteiger partial charge >= 0.3 is 0 Å². The van der Waals surface area contributed by atoms with Crippen LogP contribution in [0.25, 0.3) is 0 Å². The third kappa shape index (κ3) is 2.65. The minimum Gasteiger partial charge on any atom is -0.324 e. The molecule has 1 heterocycles. The number of thiophene rings is 1. The van der Waals surface area contributed by atoms with E-state index in [4.69, 9.17) is 5.73 Å². The first-order chi connectivity index (χ1) is 7.65. The largest absolute Gasteiger partial charge is 0.324 e. The van der Waals surface area contributed by atoms with Gasteiger partial charge < -0.3 is 5.73 Å². The van der Waals surface area contributed by atoms with Crippen LogP contribution in [0.5, 0.6) is 0 Å². The molecule has 1 atom stereocenters. The van der Waals surface area contributed by atoms with Gasteiger partial charge in [0.05, 0.1) is 0 Å². The minimum absolute atomic E-state index is 0.371.